The Bertz CT molecular complexity index is 386. The Kier molecular flexibility index (Phi) is 5.68. The molecule has 0 radical (unpaired) electrons. The molecule has 1 fully saturated rings. The van der Waals surface area contributed by atoms with Crippen LogP contribution in [0.3, 0.4) is 0 Å². The van der Waals surface area contributed by atoms with Gasteiger partial charge in [-0.05, 0) is 43.5 Å². The summed E-state index contributed by atoms with van der Waals surface area (Å²) in [6.07, 6.45) is 5.27. The summed E-state index contributed by atoms with van der Waals surface area (Å²) in [4.78, 5) is 2.51. The molecule has 1 saturated heterocycles. The predicted octanol–water partition coefficient (Wildman–Crippen LogP) is 3.85. The Morgan fingerprint density at radius 2 is 2.00 bits per heavy atom. The summed E-state index contributed by atoms with van der Waals surface area (Å²) in [6, 6.07) is 8.37. The van der Waals surface area contributed by atoms with Gasteiger partial charge in [0.1, 0.15) is 0 Å². The molecule has 0 spiro atoms. The number of benzene rings is 1. The first-order valence-electron chi connectivity index (χ1n) is 7.44. The first-order valence-corrected chi connectivity index (χ1v) is 7.82. The van der Waals surface area contributed by atoms with Crippen molar-refractivity contribution in [1.82, 2.24) is 4.90 Å². The number of halogens is 1. The van der Waals surface area contributed by atoms with E-state index in [1.54, 1.807) is 0 Å². The SMILES string of the molecule is CCCC1CCN(C(CN)c2ccccc2Cl)CC1. The van der Waals surface area contributed by atoms with Crippen molar-refractivity contribution in [3.63, 3.8) is 0 Å². The Balaban J connectivity index is 2.02. The molecule has 0 aliphatic carbocycles. The molecule has 2 N–H and O–H groups in total. The van der Waals surface area contributed by atoms with Gasteiger partial charge >= 0.3 is 0 Å². The van der Waals surface area contributed by atoms with E-state index >= 15 is 0 Å². The van der Waals surface area contributed by atoms with Crippen molar-refractivity contribution in [2.75, 3.05) is 19.6 Å². The Labute approximate surface area is 121 Å². The second-order valence-electron chi connectivity index (χ2n) is 5.54. The maximum atomic E-state index is 6.31. The smallest absolute Gasteiger partial charge is 0.0485 e. The highest BCUT2D eigenvalue weighted by molar-refractivity contribution is 6.31. The zero-order valence-electron chi connectivity index (χ0n) is 11.8. The monoisotopic (exact) mass is 280 g/mol. The maximum absolute atomic E-state index is 6.31. The molecule has 0 amide bonds. The highest BCUT2D eigenvalue weighted by atomic mass is 35.5. The molecule has 1 aliphatic rings. The van der Waals surface area contributed by atoms with Crippen LogP contribution in [0.1, 0.15) is 44.2 Å². The van der Waals surface area contributed by atoms with Crippen molar-refractivity contribution in [1.29, 1.82) is 0 Å². The number of hydrogen-bond acceptors (Lipinski definition) is 2. The molecule has 2 rings (SSSR count). The fourth-order valence-electron chi connectivity index (χ4n) is 3.18. The summed E-state index contributed by atoms with van der Waals surface area (Å²) in [5, 5.41) is 0.841. The van der Waals surface area contributed by atoms with E-state index in [1.807, 2.05) is 18.2 Å². The Hall–Kier alpha value is -0.570. The number of hydrogen-bond donors (Lipinski definition) is 1. The molecule has 1 aromatic rings. The molecule has 106 valence electrons. The molecule has 0 saturated carbocycles. The van der Waals surface area contributed by atoms with Gasteiger partial charge < -0.3 is 5.73 Å². The molecule has 1 atom stereocenters. The molecule has 3 heteroatoms. The minimum Gasteiger partial charge on any atom is -0.329 e. The largest absolute Gasteiger partial charge is 0.329 e. The van der Waals surface area contributed by atoms with Gasteiger partial charge in [0.05, 0.1) is 0 Å². The van der Waals surface area contributed by atoms with Crippen LogP contribution in [-0.4, -0.2) is 24.5 Å². The van der Waals surface area contributed by atoms with Crippen LogP contribution in [0.2, 0.25) is 5.02 Å². The number of nitrogens with two attached hydrogens (primary N) is 1. The van der Waals surface area contributed by atoms with E-state index in [9.17, 15) is 0 Å². The number of piperidine rings is 1. The van der Waals surface area contributed by atoms with Crippen molar-refractivity contribution < 1.29 is 0 Å². The molecular weight excluding hydrogens is 256 g/mol. The van der Waals surface area contributed by atoms with Crippen LogP contribution in [0.4, 0.5) is 0 Å². The van der Waals surface area contributed by atoms with Crippen molar-refractivity contribution in [3.05, 3.63) is 34.9 Å². The zero-order valence-corrected chi connectivity index (χ0v) is 12.6. The number of likely N-dealkylation sites (tertiary alicyclic amines) is 1. The Morgan fingerprint density at radius 3 is 2.58 bits per heavy atom. The highest BCUT2D eigenvalue weighted by Crippen LogP contribution is 2.31. The minimum absolute atomic E-state index is 0.274. The van der Waals surface area contributed by atoms with Crippen LogP contribution >= 0.6 is 11.6 Å². The average molecular weight is 281 g/mol. The van der Waals surface area contributed by atoms with E-state index in [4.69, 9.17) is 17.3 Å². The normalized spacial score (nSPS) is 19.5. The fraction of sp³-hybridized carbons (Fsp3) is 0.625. The van der Waals surface area contributed by atoms with Crippen LogP contribution in [0.25, 0.3) is 0 Å². The third-order valence-corrected chi connectivity index (χ3v) is 4.62. The van der Waals surface area contributed by atoms with Crippen molar-refractivity contribution in [3.8, 4) is 0 Å². The first-order chi connectivity index (χ1) is 9.26. The van der Waals surface area contributed by atoms with Gasteiger partial charge in [-0.3, -0.25) is 4.90 Å². The average Bonchev–Trinajstić information content (AvgIpc) is 2.44. The summed E-state index contributed by atoms with van der Waals surface area (Å²) >= 11 is 6.31. The van der Waals surface area contributed by atoms with Crippen molar-refractivity contribution in [2.45, 2.75) is 38.6 Å². The van der Waals surface area contributed by atoms with E-state index < -0.39 is 0 Å². The third-order valence-electron chi connectivity index (χ3n) is 4.27. The van der Waals surface area contributed by atoms with Gasteiger partial charge in [0.2, 0.25) is 0 Å². The van der Waals surface area contributed by atoms with E-state index in [1.165, 1.54) is 31.2 Å². The third kappa shape index (κ3) is 3.71. The van der Waals surface area contributed by atoms with Crippen LogP contribution in [0.15, 0.2) is 24.3 Å². The van der Waals surface area contributed by atoms with Crippen molar-refractivity contribution in [2.24, 2.45) is 11.7 Å². The van der Waals surface area contributed by atoms with E-state index in [0.717, 1.165) is 24.0 Å². The lowest BCUT2D eigenvalue weighted by molar-refractivity contribution is 0.132. The quantitative estimate of drug-likeness (QED) is 0.888. The molecular formula is C16H25ClN2. The molecule has 0 aromatic heterocycles. The van der Waals surface area contributed by atoms with Gasteiger partial charge in [0, 0.05) is 17.6 Å². The molecule has 1 unspecified atom stereocenters. The van der Waals surface area contributed by atoms with Crippen LogP contribution in [-0.2, 0) is 0 Å². The summed E-state index contributed by atoms with van der Waals surface area (Å²) in [5.41, 5.74) is 7.18. The molecule has 2 nitrogen and oxygen atoms in total. The van der Waals surface area contributed by atoms with Gasteiger partial charge in [-0.25, -0.2) is 0 Å². The summed E-state index contributed by atoms with van der Waals surface area (Å²) in [7, 11) is 0. The van der Waals surface area contributed by atoms with Gasteiger partial charge in [-0.1, -0.05) is 49.6 Å². The number of nitrogens with zero attached hydrogens (tertiary/aromatic N) is 1. The standard InChI is InChI=1S/C16H25ClN2/c1-2-5-13-8-10-19(11-9-13)16(12-18)14-6-3-4-7-15(14)17/h3-4,6-7,13,16H,2,5,8-12,18H2,1H3. The molecule has 19 heavy (non-hydrogen) atoms. The summed E-state index contributed by atoms with van der Waals surface area (Å²) < 4.78 is 0. The lowest BCUT2D eigenvalue weighted by atomic mass is 9.91. The zero-order chi connectivity index (χ0) is 13.7. The lowest BCUT2D eigenvalue weighted by Gasteiger charge is -2.37. The van der Waals surface area contributed by atoms with Crippen molar-refractivity contribution >= 4 is 11.6 Å². The van der Waals surface area contributed by atoms with E-state index in [0.29, 0.717) is 6.54 Å². The number of rotatable bonds is 5. The highest BCUT2D eigenvalue weighted by Gasteiger charge is 2.25. The second kappa shape index (κ2) is 7.28. The summed E-state index contributed by atoms with van der Waals surface area (Å²) in [6.45, 7) is 5.22. The van der Waals surface area contributed by atoms with Crippen LogP contribution < -0.4 is 5.73 Å². The minimum atomic E-state index is 0.274. The molecule has 1 aliphatic heterocycles. The second-order valence-corrected chi connectivity index (χ2v) is 5.95. The van der Waals surface area contributed by atoms with Gasteiger partial charge in [0.15, 0.2) is 0 Å². The molecule has 0 bridgehead atoms. The fourth-order valence-corrected chi connectivity index (χ4v) is 3.44. The van der Waals surface area contributed by atoms with Gasteiger partial charge in [0.25, 0.3) is 0 Å². The molecule has 1 heterocycles. The lowest BCUT2D eigenvalue weighted by Crippen LogP contribution is -2.39. The predicted molar refractivity (Wildman–Crippen MR) is 82.5 cm³/mol. The van der Waals surface area contributed by atoms with Gasteiger partial charge in [-0.2, -0.15) is 0 Å². The van der Waals surface area contributed by atoms with E-state index in [2.05, 4.69) is 17.9 Å². The maximum Gasteiger partial charge on any atom is 0.0485 e. The van der Waals surface area contributed by atoms with E-state index in [-0.39, 0.29) is 6.04 Å². The first kappa shape index (κ1) is 14.8. The molecule has 1 aromatic carbocycles. The van der Waals surface area contributed by atoms with Crippen LogP contribution in [0, 0.1) is 5.92 Å². The Morgan fingerprint density at radius 1 is 1.32 bits per heavy atom. The van der Waals surface area contributed by atoms with Gasteiger partial charge in [-0.15, -0.1) is 0 Å². The van der Waals surface area contributed by atoms with Crippen LogP contribution in [0.5, 0.6) is 0 Å². The topological polar surface area (TPSA) is 29.3 Å². The summed E-state index contributed by atoms with van der Waals surface area (Å²) in [5.74, 6) is 0.908.